The Morgan fingerprint density at radius 1 is 1.27 bits per heavy atom. The average molecular weight is 286 g/mol. The lowest BCUT2D eigenvalue weighted by atomic mass is 10.0. The van der Waals surface area contributed by atoms with Crippen LogP contribution < -0.4 is 5.73 Å². The van der Waals surface area contributed by atoms with Gasteiger partial charge < -0.3 is 5.73 Å². The van der Waals surface area contributed by atoms with Gasteiger partial charge >= 0.3 is 0 Å². The van der Waals surface area contributed by atoms with Crippen LogP contribution >= 0.6 is 15.9 Å². The molecule has 0 spiro atoms. The lowest BCUT2D eigenvalue weighted by Gasteiger charge is -2.24. The van der Waals surface area contributed by atoms with Gasteiger partial charge in [0.25, 0.3) is 0 Å². The predicted molar refractivity (Wildman–Crippen MR) is 74.1 cm³/mol. The Hall–Kier alpha value is -0.123. The predicted octanol–water partition coefficient (Wildman–Crippen LogP) is 3.83. The molecular formula is C12H20BrNSi. The highest BCUT2D eigenvalue weighted by Crippen LogP contribution is 2.30. The van der Waals surface area contributed by atoms with Gasteiger partial charge in [-0.15, -0.1) is 0 Å². The molecule has 1 atom stereocenters. The fourth-order valence-electron chi connectivity index (χ4n) is 1.87. The maximum atomic E-state index is 5.88. The molecule has 84 valence electrons. The molecule has 1 rings (SSSR count). The fourth-order valence-corrected chi connectivity index (χ4v) is 4.34. The van der Waals surface area contributed by atoms with Gasteiger partial charge in [-0.1, -0.05) is 53.8 Å². The van der Waals surface area contributed by atoms with E-state index in [1.807, 2.05) is 0 Å². The van der Waals surface area contributed by atoms with E-state index in [2.05, 4.69) is 59.8 Å². The molecule has 1 aromatic rings. The number of rotatable bonds is 4. The second-order valence-corrected chi connectivity index (χ2v) is 11.6. The van der Waals surface area contributed by atoms with Gasteiger partial charge in [0.05, 0.1) is 0 Å². The van der Waals surface area contributed by atoms with Crippen LogP contribution in [0.15, 0.2) is 28.7 Å². The molecule has 0 aliphatic carbocycles. The van der Waals surface area contributed by atoms with E-state index in [9.17, 15) is 0 Å². The molecule has 0 radical (unpaired) electrons. The quantitative estimate of drug-likeness (QED) is 0.836. The van der Waals surface area contributed by atoms with Crippen LogP contribution in [0.5, 0.6) is 0 Å². The summed E-state index contributed by atoms with van der Waals surface area (Å²) in [6.45, 7) is 7.93. The average Bonchev–Trinajstić information content (AvgIpc) is 2.14. The molecule has 0 aliphatic rings. The highest BCUT2D eigenvalue weighted by atomic mass is 79.9. The van der Waals surface area contributed by atoms with Crippen molar-refractivity contribution >= 4 is 24.0 Å². The van der Waals surface area contributed by atoms with Gasteiger partial charge in [-0.3, -0.25) is 0 Å². The first kappa shape index (κ1) is 12.9. The molecule has 0 saturated heterocycles. The summed E-state index contributed by atoms with van der Waals surface area (Å²) in [6.07, 6.45) is 0. The first-order valence-corrected chi connectivity index (χ1v) is 9.88. The Kier molecular flexibility index (Phi) is 4.56. The third kappa shape index (κ3) is 4.09. The minimum absolute atomic E-state index is 0.507. The van der Waals surface area contributed by atoms with Gasteiger partial charge in [0.1, 0.15) is 0 Å². The van der Waals surface area contributed by atoms with Crippen LogP contribution in [0.1, 0.15) is 11.5 Å². The van der Waals surface area contributed by atoms with Gasteiger partial charge in [-0.05, 0) is 30.1 Å². The van der Waals surface area contributed by atoms with Crippen LogP contribution in [0.2, 0.25) is 25.7 Å². The van der Waals surface area contributed by atoms with Crippen molar-refractivity contribution < 1.29 is 0 Å². The molecule has 1 unspecified atom stereocenters. The van der Waals surface area contributed by atoms with Crippen molar-refractivity contribution in [1.29, 1.82) is 0 Å². The van der Waals surface area contributed by atoms with Crippen LogP contribution in [0.4, 0.5) is 0 Å². The van der Waals surface area contributed by atoms with Crippen LogP contribution in [0.3, 0.4) is 0 Å². The van der Waals surface area contributed by atoms with Crippen LogP contribution in [0, 0.1) is 0 Å². The lowest BCUT2D eigenvalue weighted by Crippen LogP contribution is -2.26. The fraction of sp³-hybridized carbons (Fsp3) is 0.500. The van der Waals surface area contributed by atoms with E-state index < -0.39 is 8.07 Å². The zero-order chi connectivity index (χ0) is 11.5. The standard InChI is InChI=1S/C12H20BrNSi/c1-15(2,3)9-10(8-14)11-6-4-5-7-12(11)13/h4-7,10H,8-9,14H2,1-3H3. The Bertz CT molecular complexity index is 320. The number of benzene rings is 1. The number of nitrogens with two attached hydrogens (primary N) is 1. The zero-order valence-corrected chi connectivity index (χ0v) is 12.3. The van der Waals surface area contributed by atoms with Crippen molar-refractivity contribution in [2.45, 2.75) is 31.6 Å². The smallest absolute Gasteiger partial charge is 0.0449 e. The first-order chi connectivity index (χ1) is 6.94. The summed E-state index contributed by atoms with van der Waals surface area (Å²) in [7, 11) is -1.05. The number of hydrogen-bond donors (Lipinski definition) is 1. The molecule has 0 fully saturated rings. The maximum Gasteiger partial charge on any atom is 0.0449 e. The van der Waals surface area contributed by atoms with Crippen LogP contribution in [0.25, 0.3) is 0 Å². The minimum Gasteiger partial charge on any atom is -0.330 e. The van der Waals surface area contributed by atoms with Crippen molar-refractivity contribution in [1.82, 2.24) is 0 Å². The van der Waals surface area contributed by atoms with Crippen molar-refractivity contribution in [3.05, 3.63) is 34.3 Å². The summed E-state index contributed by atoms with van der Waals surface area (Å²) in [5.41, 5.74) is 7.25. The molecule has 0 aliphatic heterocycles. The van der Waals surface area contributed by atoms with Crippen molar-refractivity contribution in [2.24, 2.45) is 5.73 Å². The molecular weight excluding hydrogens is 266 g/mol. The SMILES string of the molecule is C[Si](C)(C)CC(CN)c1ccccc1Br. The summed E-state index contributed by atoms with van der Waals surface area (Å²) in [5, 5.41) is 0. The Morgan fingerprint density at radius 3 is 2.33 bits per heavy atom. The van der Waals surface area contributed by atoms with Gasteiger partial charge in [0, 0.05) is 12.5 Å². The molecule has 3 heteroatoms. The Labute approximate surface area is 102 Å². The topological polar surface area (TPSA) is 26.0 Å². The lowest BCUT2D eigenvalue weighted by molar-refractivity contribution is 0.756. The third-order valence-electron chi connectivity index (χ3n) is 2.49. The van der Waals surface area contributed by atoms with Crippen molar-refractivity contribution in [2.75, 3.05) is 6.54 Å². The zero-order valence-electron chi connectivity index (χ0n) is 9.76. The first-order valence-electron chi connectivity index (χ1n) is 5.38. The van der Waals surface area contributed by atoms with Gasteiger partial charge in [0.15, 0.2) is 0 Å². The monoisotopic (exact) mass is 285 g/mol. The summed E-state index contributed by atoms with van der Waals surface area (Å²) in [5.74, 6) is 0.507. The Morgan fingerprint density at radius 2 is 1.87 bits per heavy atom. The normalized spacial score (nSPS) is 13.9. The summed E-state index contributed by atoms with van der Waals surface area (Å²) in [6, 6.07) is 9.68. The van der Waals surface area contributed by atoms with E-state index >= 15 is 0 Å². The molecule has 2 N–H and O–H groups in total. The molecule has 1 nitrogen and oxygen atoms in total. The van der Waals surface area contributed by atoms with E-state index in [0.29, 0.717) is 5.92 Å². The second-order valence-electron chi connectivity index (χ2n) is 5.22. The Balaban J connectivity index is 2.88. The van der Waals surface area contributed by atoms with Gasteiger partial charge in [0.2, 0.25) is 0 Å². The molecule has 15 heavy (non-hydrogen) atoms. The highest BCUT2D eigenvalue weighted by Gasteiger charge is 2.21. The number of halogens is 1. The van der Waals surface area contributed by atoms with Crippen molar-refractivity contribution in [3.63, 3.8) is 0 Å². The molecule has 0 aromatic heterocycles. The third-order valence-corrected chi connectivity index (χ3v) is 4.93. The van der Waals surface area contributed by atoms with E-state index in [1.165, 1.54) is 16.1 Å². The van der Waals surface area contributed by atoms with E-state index in [-0.39, 0.29) is 0 Å². The highest BCUT2D eigenvalue weighted by molar-refractivity contribution is 9.10. The van der Waals surface area contributed by atoms with Crippen molar-refractivity contribution in [3.8, 4) is 0 Å². The molecule has 0 heterocycles. The van der Waals surface area contributed by atoms with Crippen LogP contribution in [-0.4, -0.2) is 14.6 Å². The number of hydrogen-bond acceptors (Lipinski definition) is 1. The van der Waals surface area contributed by atoms with E-state index in [1.54, 1.807) is 0 Å². The largest absolute Gasteiger partial charge is 0.330 e. The molecule has 1 aromatic carbocycles. The summed E-state index contributed by atoms with van der Waals surface area (Å²) in [4.78, 5) is 0. The van der Waals surface area contributed by atoms with Gasteiger partial charge in [-0.2, -0.15) is 0 Å². The molecule has 0 amide bonds. The summed E-state index contributed by atoms with van der Waals surface area (Å²) >= 11 is 3.61. The van der Waals surface area contributed by atoms with Gasteiger partial charge in [-0.25, -0.2) is 0 Å². The second kappa shape index (κ2) is 5.28. The molecule has 0 bridgehead atoms. The van der Waals surface area contributed by atoms with E-state index in [0.717, 1.165) is 6.54 Å². The van der Waals surface area contributed by atoms with Crippen LogP contribution in [-0.2, 0) is 0 Å². The molecule has 0 saturated carbocycles. The maximum absolute atomic E-state index is 5.88. The minimum atomic E-state index is -1.05. The van der Waals surface area contributed by atoms with E-state index in [4.69, 9.17) is 5.73 Å². The summed E-state index contributed by atoms with van der Waals surface area (Å²) < 4.78 is 1.19.